The van der Waals surface area contributed by atoms with Crippen molar-refractivity contribution >= 4 is 17.5 Å². The largest absolute Gasteiger partial charge is 0.349 e. The molecule has 1 saturated heterocycles. The van der Waals surface area contributed by atoms with Gasteiger partial charge in [0.2, 0.25) is 11.8 Å². The standard InChI is InChI=1S/C14H20N4O2/c1-4-12-14(20)17-13(19)8-18(12)10-5-6-11(16-7-10)9(2)15-3/h5-7,9,12,15H,4,8H2,1-3H3,(H,17,19,20). The third-order valence-electron chi connectivity index (χ3n) is 3.62. The van der Waals surface area contributed by atoms with Crippen molar-refractivity contribution in [3.8, 4) is 0 Å². The molecular formula is C14H20N4O2. The molecule has 108 valence electrons. The average molecular weight is 276 g/mol. The Labute approximate surface area is 118 Å². The van der Waals surface area contributed by atoms with E-state index in [2.05, 4.69) is 15.6 Å². The second-order valence-corrected chi connectivity index (χ2v) is 4.92. The monoisotopic (exact) mass is 276 g/mol. The van der Waals surface area contributed by atoms with Gasteiger partial charge in [-0.25, -0.2) is 0 Å². The molecule has 0 bridgehead atoms. The molecule has 0 saturated carbocycles. The summed E-state index contributed by atoms with van der Waals surface area (Å²) in [5.41, 5.74) is 1.73. The van der Waals surface area contributed by atoms with E-state index in [9.17, 15) is 9.59 Å². The Morgan fingerprint density at radius 2 is 2.25 bits per heavy atom. The SMILES string of the molecule is CCC1C(=O)NC(=O)CN1c1ccc(C(C)NC)nc1. The fraction of sp³-hybridized carbons (Fsp3) is 0.500. The Morgan fingerprint density at radius 1 is 1.50 bits per heavy atom. The molecular weight excluding hydrogens is 256 g/mol. The van der Waals surface area contributed by atoms with Crippen LogP contribution in [0.5, 0.6) is 0 Å². The molecule has 6 nitrogen and oxygen atoms in total. The van der Waals surface area contributed by atoms with E-state index in [1.807, 2.05) is 37.9 Å². The van der Waals surface area contributed by atoms with Gasteiger partial charge in [-0.15, -0.1) is 0 Å². The predicted molar refractivity (Wildman–Crippen MR) is 76.3 cm³/mol. The highest BCUT2D eigenvalue weighted by Crippen LogP contribution is 2.21. The number of anilines is 1. The number of hydrogen-bond donors (Lipinski definition) is 2. The first-order valence-corrected chi connectivity index (χ1v) is 6.80. The number of nitrogens with one attached hydrogen (secondary N) is 2. The van der Waals surface area contributed by atoms with Gasteiger partial charge in [0, 0.05) is 6.04 Å². The lowest BCUT2D eigenvalue weighted by atomic mass is 10.1. The van der Waals surface area contributed by atoms with Crippen LogP contribution in [0, 0.1) is 0 Å². The quantitative estimate of drug-likeness (QED) is 0.788. The van der Waals surface area contributed by atoms with Crippen LogP contribution in [-0.4, -0.2) is 36.4 Å². The number of hydrogen-bond acceptors (Lipinski definition) is 5. The van der Waals surface area contributed by atoms with Gasteiger partial charge in [-0.1, -0.05) is 6.92 Å². The zero-order valence-corrected chi connectivity index (χ0v) is 12.0. The summed E-state index contributed by atoms with van der Waals surface area (Å²) in [6, 6.07) is 3.67. The molecule has 20 heavy (non-hydrogen) atoms. The zero-order chi connectivity index (χ0) is 14.7. The lowest BCUT2D eigenvalue weighted by Gasteiger charge is -2.35. The van der Waals surface area contributed by atoms with Crippen LogP contribution >= 0.6 is 0 Å². The van der Waals surface area contributed by atoms with Gasteiger partial charge >= 0.3 is 0 Å². The molecule has 2 atom stereocenters. The number of aromatic nitrogens is 1. The molecule has 2 heterocycles. The average Bonchev–Trinajstić information content (AvgIpc) is 2.46. The first-order chi connectivity index (χ1) is 9.56. The van der Waals surface area contributed by atoms with Crippen LogP contribution in [0.3, 0.4) is 0 Å². The number of carbonyl (C=O) groups is 2. The van der Waals surface area contributed by atoms with Crippen LogP contribution in [0.25, 0.3) is 0 Å². The lowest BCUT2D eigenvalue weighted by Crippen LogP contribution is -2.58. The topological polar surface area (TPSA) is 74.3 Å². The van der Waals surface area contributed by atoms with Crippen molar-refractivity contribution in [3.05, 3.63) is 24.0 Å². The summed E-state index contributed by atoms with van der Waals surface area (Å²) in [6.07, 6.45) is 2.37. The van der Waals surface area contributed by atoms with Gasteiger partial charge in [0.1, 0.15) is 6.04 Å². The molecule has 1 fully saturated rings. The summed E-state index contributed by atoms with van der Waals surface area (Å²) >= 11 is 0. The summed E-state index contributed by atoms with van der Waals surface area (Å²) in [5.74, 6) is -0.510. The normalized spacial score (nSPS) is 20.8. The van der Waals surface area contributed by atoms with E-state index in [1.54, 1.807) is 6.20 Å². The maximum atomic E-state index is 11.8. The summed E-state index contributed by atoms with van der Waals surface area (Å²) in [4.78, 5) is 29.6. The number of rotatable bonds is 4. The third kappa shape index (κ3) is 2.80. The number of pyridine rings is 1. The lowest BCUT2D eigenvalue weighted by molar-refractivity contribution is -0.132. The molecule has 0 radical (unpaired) electrons. The van der Waals surface area contributed by atoms with Crippen molar-refractivity contribution in [1.82, 2.24) is 15.6 Å². The summed E-state index contributed by atoms with van der Waals surface area (Å²) < 4.78 is 0. The second kappa shape index (κ2) is 6.00. The minimum absolute atomic E-state index is 0.164. The summed E-state index contributed by atoms with van der Waals surface area (Å²) in [7, 11) is 1.88. The number of piperazine rings is 1. The molecule has 2 amide bonds. The second-order valence-electron chi connectivity index (χ2n) is 4.92. The molecule has 0 aromatic carbocycles. The van der Waals surface area contributed by atoms with Crippen molar-refractivity contribution in [3.63, 3.8) is 0 Å². The Morgan fingerprint density at radius 3 is 2.80 bits per heavy atom. The van der Waals surface area contributed by atoms with Crippen molar-refractivity contribution in [2.24, 2.45) is 0 Å². The molecule has 2 unspecified atom stereocenters. The van der Waals surface area contributed by atoms with E-state index in [0.29, 0.717) is 6.42 Å². The minimum Gasteiger partial charge on any atom is -0.349 e. The Hall–Kier alpha value is -1.95. The van der Waals surface area contributed by atoms with E-state index in [4.69, 9.17) is 0 Å². The number of imide groups is 1. The molecule has 2 rings (SSSR count). The van der Waals surface area contributed by atoms with Gasteiger partial charge in [-0.2, -0.15) is 0 Å². The molecule has 1 aromatic heterocycles. The number of nitrogens with zero attached hydrogens (tertiary/aromatic N) is 2. The zero-order valence-electron chi connectivity index (χ0n) is 12.0. The fourth-order valence-corrected chi connectivity index (χ4v) is 2.32. The first-order valence-electron chi connectivity index (χ1n) is 6.80. The van der Waals surface area contributed by atoms with E-state index in [0.717, 1.165) is 11.4 Å². The Bertz CT molecular complexity index is 500. The van der Waals surface area contributed by atoms with Crippen LogP contribution in [0.1, 0.15) is 32.0 Å². The molecule has 1 aliphatic rings. The van der Waals surface area contributed by atoms with Gasteiger partial charge in [0.15, 0.2) is 0 Å². The van der Waals surface area contributed by atoms with Gasteiger partial charge < -0.3 is 10.2 Å². The summed E-state index contributed by atoms with van der Waals surface area (Å²) in [6.45, 7) is 4.14. The van der Waals surface area contributed by atoms with E-state index in [-0.39, 0.29) is 30.4 Å². The van der Waals surface area contributed by atoms with Gasteiger partial charge in [0.05, 0.1) is 24.1 Å². The van der Waals surface area contributed by atoms with Crippen LogP contribution in [-0.2, 0) is 9.59 Å². The maximum absolute atomic E-state index is 11.8. The van der Waals surface area contributed by atoms with Gasteiger partial charge in [-0.3, -0.25) is 19.9 Å². The Kier molecular flexibility index (Phi) is 4.34. The fourth-order valence-electron chi connectivity index (χ4n) is 2.32. The van der Waals surface area contributed by atoms with Crippen LogP contribution in [0.4, 0.5) is 5.69 Å². The number of amides is 2. The van der Waals surface area contributed by atoms with E-state index >= 15 is 0 Å². The highest BCUT2D eigenvalue weighted by atomic mass is 16.2. The molecule has 0 spiro atoms. The van der Waals surface area contributed by atoms with Crippen molar-refractivity contribution in [2.75, 3.05) is 18.5 Å². The third-order valence-corrected chi connectivity index (χ3v) is 3.62. The molecule has 2 N–H and O–H groups in total. The molecule has 6 heteroatoms. The van der Waals surface area contributed by atoms with Crippen molar-refractivity contribution in [1.29, 1.82) is 0 Å². The van der Waals surface area contributed by atoms with Crippen molar-refractivity contribution in [2.45, 2.75) is 32.4 Å². The smallest absolute Gasteiger partial charge is 0.249 e. The first kappa shape index (κ1) is 14.5. The molecule has 1 aromatic rings. The van der Waals surface area contributed by atoms with Crippen molar-refractivity contribution < 1.29 is 9.59 Å². The summed E-state index contributed by atoms with van der Waals surface area (Å²) in [5, 5.41) is 5.49. The van der Waals surface area contributed by atoms with Crippen LogP contribution in [0.15, 0.2) is 18.3 Å². The number of carbonyl (C=O) groups excluding carboxylic acids is 2. The highest BCUT2D eigenvalue weighted by Gasteiger charge is 2.32. The van der Waals surface area contributed by atoms with Gasteiger partial charge in [-0.05, 0) is 32.5 Å². The maximum Gasteiger partial charge on any atom is 0.249 e. The van der Waals surface area contributed by atoms with Crippen LogP contribution < -0.4 is 15.5 Å². The molecule has 1 aliphatic heterocycles. The predicted octanol–water partition coefficient (Wildman–Crippen LogP) is 0.603. The molecule has 0 aliphatic carbocycles. The van der Waals surface area contributed by atoms with Gasteiger partial charge in [0.25, 0.3) is 0 Å². The van der Waals surface area contributed by atoms with E-state index in [1.165, 1.54) is 0 Å². The van der Waals surface area contributed by atoms with Crippen LogP contribution in [0.2, 0.25) is 0 Å². The minimum atomic E-state index is -0.318. The highest BCUT2D eigenvalue weighted by molar-refractivity contribution is 6.04. The Balaban J connectivity index is 2.24. The van der Waals surface area contributed by atoms with E-state index < -0.39 is 0 Å².